The minimum Gasteiger partial charge on any atom is -0.481 e. The van der Waals surface area contributed by atoms with Crippen LogP contribution < -0.4 is 28.5 Å². The molecule has 0 saturated carbocycles. The van der Waals surface area contributed by atoms with Crippen LogP contribution in [0.15, 0.2) is 28.4 Å². The van der Waals surface area contributed by atoms with Crippen LogP contribution in [0.5, 0.6) is 0 Å². The van der Waals surface area contributed by atoms with Gasteiger partial charge in [-0.1, -0.05) is 61.8 Å². The van der Waals surface area contributed by atoms with Gasteiger partial charge in [-0.2, -0.15) is 15.6 Å². The molecule has 22 heteroatoms. The molecule has 2 fully saturated rings. The lowest BCUT2D eigenvalue weighted by molar-refractivity contribution is -0.151. The SMILES string of the molecule is CC(C)C(=O)O.CC(C)C(=O)O.CC(C)C(N)C(=O)OCC1CCC(C#N)(C2(C)N=C2N=CNN)O1.CCC.N#CC1(c2ccc3c(N)ncnn23)CCC(COC(=O)CN)O1. The van der Waals surface area contributed by atoms with E-state index in [1.54, 1.807) is 51.3 Å². The van der Waals surface area contributed by atoms with Crippen LogP contribution in [0.4, 0.5) is 5.82 Å². The number of hydrogen-bond acceptors (Lipinski definition) is 18. The van der Waals surface area contributed by atoms with Crippen molar-refractivity contribution in [3.05, 3.63) is 24.2 Å². The van der Waals surface area contributed by atoms with E-state index < -0.39 is 46.7 Å². The Balaban J connectivity index is 0.000000469. The molecule has 3 aliphatic rings. The quantitative estimate of drug-likeness (QED) is 0.0528. The van der Waals surface area contributed by atoms with E-state index in [2.05, 4.69) is 51.5 Å². The molecule has 344 valence electrons. The van der Waals surface area contributed by atoms with Gasteiger partial charge in [-0.15, -0.1) is 0 Å². The molecule has 62 heavy (non-hydrogen) atoms. The van der Waals surface area contributed by atoms with Crippen molar-refractivity contribution in [1.82, 2.24) is 20.0 Å². The minimum absolute atomic E-state index is 0.00412. The largest absolute Gasteiger partial charge is 0.481 e. The summed E-state index contributed by atoms with van der Waals surface area (Å²) in [6.07, 6.45) is 5.27. The number of hydrogen-bond donors (Lipinski definition) is 7. The predicted octanol–water partition coefficient (Wildman–Crippen LogP) is 2.20. The Morgan fingerprint density at radius 2 is 1.55 bits per heavy atom. The molecule has 22 nitrogen and oxygen atoms in total. The number of aliphatic imine (C=N–C) groups is 2. The number of carbonyl (C=O) groups excluding carboxylic acids is 2. The molecule has 0 aromatic carbocycles. The third-order valence-electron chi connectivity index (χ3n) is 9.38. The zero-order valence-corrected chi connectivity index (χ0v) is 37.0. The fourth-order valence-corrected chi connectivity index (χ4v) is 5.40. The summed E-state index contributed by atoms with van der Waals surface area (Å²) < 4.78 is 23.6. The number of carboxylic acid groups (broad SMARTS) is 2. The zero-order valence-electron chi connectivity index (χ0n) is 37.0. The molecule has 5 rings (SSSR count). The van der Waals surface area contributed by atoms with Crippen molar-refractivity contribution in [2.75, 3.05) is 25.5 Å². The second-order valence-electron chi connectivity index (χ2n) is 15.5. The molecular formula is C40H64N12O10. The first-order chi connectivity index (χ1) is 29.1. The smallest absolute Gasteiger partial charge is 0.323 e. The predicted molar refractivity (Wildman–Crippen MR) is 228 cm³/mol. The molecule has 11 N–H and O–H groups in total. The number of rotatable bonds is 12. The first-order valence-corrected chi connectivity index (χ1v) is 20.2. The van der Waals surface area contributed by atoms with Crippen molar-refractivity contribution >= 4 is 47.4 Å². The third kappa shape index (κ3) is 15.0. The second kappa shape index (κ2) is 25.2. The number of amidine groups is 1. The Morgan fingerprint density at radius 1 is 1.00 bits per heavy atom. The number of fused-ring (bicyclic) bond motifs is 1. The van der Waals surface area contributed by atoms with E-state index in [1.807, 2.05) is 13.8 Å². The topological polar surface area (TPSA) is 364 Å². The first kappa shape index (κ1) is 54.2. The highest BCUT2D eigenvalue weighted by Crippen LogP contribution is 2.48. The molecule has 0 spiro atoms. The zero-order chi connectivity index (χ0) is 47.4. The van der Waals surface area contributed by atoms with E-state index in [4.69, 9.17) is 52.2 Å². The molecule has 5 heterocycles. The van der Waals surface area contributed by atoms with Gasteiger partial charge in [0.15, 0.2) is 28.4 Å². The molecule has 6 unspecified atom stereocenters. The number of aliphatic carboxylic acids is 2. The molecule has 0 radical (unpaired) electrons. The number of nitriles is 2. The van der Waals surface area contributed by atoms with Crippen molar-refractivity contribution in [2.45, 2.75) is 129 Å². The molecule has 2 aromatic heterocycles. The van der Waals surface area contributed by atoms with E-state index in [0.717, 1.165) is 0 Å². The van der Waals surface area contributed by atoms with Crippen molar-refractivity contribution in [3.8, 4) is 12.1 Å². The van der Waals surface area contributed by atoms with Crippen molar-refractivity contribution in [3.63, 3.8) is 0 Å². The summed E-state index contributed by atoms with van der Waals surface area (Å²) in [6, 6.07) is 7.26. The van der Waals surface area contributed by atoms with Gasteiger partial charge >= 0.3 is 23.9 Å². The number of nitrogens with one attached hydrogen (secondary N) is 1. The molecule has 6 atom stereocenters. The van der Waals surface area contributed by atoms with Crippen molar-refractivity contribution < 1.29 is 48.3 Å². The number of nitrogens with two attached hydrogens (primary N) is 4. The lowest BCUT2D eigenvalue weighted by Crippen LogP contribution is -2.46. The fourth-order valence-electron chi connectivity index (χ4n) is 5.40. The summed E-state index contributed by atoms with van der Waals surface area (Å²) in [7, 11) is 0. The average molecular weight is 873 g/mol. The van der Waals surface area contributed by atoms with Crippen LogP contribution >= 0.6 is 0 Å². The van der Waals surface area contributed by atoms with E-state index in [9.17, 15) is 29.7 Å². The number of hydrazine groups is 1. The average Bonchev–Trinajstić information content (AvgIpc) is 3.64. The van der Waals surface area contributed by atoms with E-state index >= 15 is 0 Å². The number of aromatic nitrogens is 3. The highest BCUT2D eigenvalue weighted by Gasteiger charge is 2.64. The van der Waals surface area contributed by atoms with Crippen molar-refractivity contribution in [2.24, 2.45) is 45.0 Å². The van der Waals surface area contributed by atoms with Crippen LogP contribution in [0, 0.1) is 40.4 Å². The summed E-state index contributed by atoms with van der Waals surface area (Å²) >= 11 is 0. The van der Waals surface area contributed by atoms with Gasteiger partial charge in [0.05, 0.1) is 36.3 Å². The number of anilines is 1. The fraction of sp³-hybridized carbons (Fsp3) is 0.650. The number of carbonyl (C=O) groups is 4. The van der Waals surface area contributed by atoms with Gasteiger partial charge < -0.3 is 51.8 Å². The summed E-state index contributed by atoms with van der Waals surface area (Å²) in [4.78, 5) is 54.6. The van der Waals surface area contributed by atoms with Crippen LogP contribution in [0.1, 0.15) is 100 Å². The van der Waals surface area contributed by atoms with Gasteiger partial charge in [0.1, 0.15) is 49.6 Å². The molecule has 0 amide bonds. The second-order valence-corrected chi connectivity index (χ2v) is 15.5. The lowest BCUT2D eigenvalue weighted by atomic mass is 9.85. The lowest BCUT2D eigenvalue weighted by Gasteiger charge is -2.27. The maximum atomic E-state index is 11.8. The Kier molecular flexibility index (Phi) is 22.1. The number of nitrogen functional groups attached to an aromatic ring is 1. The summed E-state index contributed by atoms with van der Waals surface area (Å²) in [5.74, 6) is 3.05. The van der Waals surface area contributed by atoms with Gasteiger partial charge in [-0.3, -0.25) is 19.2 Å². The molecule has 0 aliphatic carbocycles. The van der Waals surface area contributed by atoms with Crippen molar-refractivity contribution in [1.29, 1.82) is 10.5 Å². The number of esters is 2. The van der Waals surface area contributed by atoms with Crippen LogP contribution in [0.25, 0.3) is 5.52 Å². The normalized spacial score (nSPS) is 23.7. The number of carboxylic acids is 2. The molecule has 2 aromatic rings. The van der Waals surface area contributed by atoms with E-state index in [0.29, 0.717) is 48.5 Å². The number of nitrogens with zero attached hydrogens (tertiary/aromatic N) is 7. The van der Waals surface area contributed by atoms with E-state index in [1.165, 1.54) is 19.1 Å². The maximum absolute atomic E-state index is 11.8. The summed E-state index contributed by atoms with van der Waals surface area (Å²) in [6.45, 7) is 16.3. The van der Waals surface area contributed by atoms with Crippen LogP contribution in [-0.2, 0) is 43.7 Å². The van der Waals surface area contributed by atoms with Gasteiger partial charge in [0, 0.05) is 0 Å². The van der Waals surface area contributed by atoms with E-state index in [-0.39, 0.29) is 49.7 Å². The Hall–Kier alpha value is -5.78. The highest BCUT2D eigenvalue weighted by atomic mass is 16.6. The van der Waals surface area contributed by atoms with Crippen LogP contribution in [0.2, 0.25) is 0 Å². The first-order valence-electron chi connectivity index (χ1n) is 20.2. The highest BCUT2D eigenvalue weighted by molar-refractivity contribution is 6.08. The maximum Gasteiger partial charge on any atom is 0.323 e. The summed E-state index contributed by atoms with van der Waals surface area (Å²) in [5, 5.41) is 39.4. The minimum atomic E-state index is -1.16. The Morgan fingerprint density at radius 3 is 2.05 bits per heavy atom. The van der Waals surface area contributed by atoms with Crippen LogP contribution in [0.3, 0.4) is 0 Å². The standard InChI is InChI=1S/C15H24N6O3.C14H16N6O3.2C4H8O2.C3H8/c1-9(2)11(17)12(22)23-6-10-4-5-15(7-16,24-10)14(3)13(21-14)19-8-20-18;15-5-12(21)22-6-9-3-4-14(7-16,23-9)11-2-1-10-13(17)18-8-19-20(10)11;2*1-3(2)4(5)6;1-3-2/h8-11H,4-6,17-18H2,1-3H3,(H,19,20,21);1-2,8-9H,3-6,15H2,(H2,17,18,19);2*3H,1-2H3,(H,5,6);3H2,1-2H3. The molecule has 0 bridgehead atoms. The summed E-state index contributed by atoms with van der Waals surface area (Å²) in [5.41, 5.74) is 17.2. The Bertz CT molecular complexity index is 1920. The van der Waals surface area contributed by atoms with Gasteiger partial charge in [0.2, 0.25) is 0 Å². The van der Waals surface area contributed by atoms with Gasteiger partial charge in [-0.05, 0) is 50.7 Å². The third-order valence-corrected chi connectivity index (χ3v) is 9.38. The van der Waals surface area contributed by atoms with Gasteiger partial charge in [-0.25, -0.2) is 25.3 Å². The number of ether oxygens (including phenoxy) is 4. The molecule has 2 saturated heterocycles. The molecular weight excluding hydrogens is 809 g/mol. The monoisotopic (exact) mass is 872 g/mol. The Labute approximate surface area is 362 Å². The molecule has 3 aliphatic heterocycles. The van der Waals surface area contributed by atoms with Gasteiger partial charge in [0.25, 0.3) is 0 Å². The van der Waals surface area contributed by atoms with Crippen LogP contribution in [-0.4, -0.2) is 110 Å².